The van der Waals surface area contributed by atoms with Gasteiger partial charge in [-0.3, -0.25) is 9.59 Å². The first-order valence-corrected chi connectivity index (χ1v) is 9.22. The van der Waals surface area contributed by atoms with Crippen LogP contribution in [0, 0.1) is 6.92 Å². The highest BCUT2D eigenvalue weighted by atomic mass is 79.9. The zero-order chi connectivity index (χ0) is 16.7. The fraction of sp³-hybridized carbons (Fsp3) is 0.222. The van der Waals surface area contributed by atoms with E-state index in [1.807, 2.05) is 55.5 Å². The Bertz CT molecular complexity index is 686. The molecule has 0 atom stereocenters. The molecule has 0 aliphatic rings. The molecule has 0 radical (unpaired) electrons. The molecule has 0 spiro atoms. The number of benzene rings is 2. The Labute approximate surface area is 149 Å². The van der Waals surface area contributed by atoms with Crippen molar-refractivity contribution in [2.45, 2.75) is 13.3 Å². The van der Waals surface area contributed by atoms with Crippen LogP contribution >= 0.6 is 27.7 Å². The Morgan fingerprint density at radius 3 is 2.57 bits per heavy atom. The molecule has 23 heavy (non-hydrogen) atoms. The number of amides is 1. The van der Waals surface area contributed by atoms with Crippen molar-refractivity contribution in [1.82, 2.24) is 0 Å². The number of anilines is 1. The minimum atomic E-state index is -0.0447. The van der Waals surface area contributed by atoms with Crippen LogP contribution in [0.5, 0.6) is 0 Å². The van der Waals surface area contributed by atoms with E-state index in [0.717, 1.165) is 15.7 Å². The number of halogens is 1. The lowest BCUT2D eigenvalue weighted by Crippen LogP contribution is -2.14. The molecule has 0 heterocycles. The average Bonchev–Trinajstić information content (AvgIpc) is 2.52. The molecule has 2 aromatic rings. The zero-order valence-electron chi connectivity index (χ0n) is 12.8. The van der Waals surface area contributed by atoms with Crippen molar-refractivity contribution in [2.24, 2.45) is 0 Å². The third-order valence-corrected chi connectivity index (χ3v) is 4.66. The molecule has 0 aliphatic carbocycles. The third kappa shape index (κ3) is 6.20. The number of ketones is 1. The van der Waals surface area contributed by atoms with Crippen molar-refractivity contribution in [3.8, 4) is 0 Å². The van der Waals surface area contributed by atoms with Crippen LogP contribution in [0.1, 0.15) is 22.3 Å². The summed E-state index contributed by atoms with van der Waals surface area (Å²) in [4.78, 5) is 23.9. The van der Waals surface area contributed by atoms with Crippen LogP contribution in [-0.2, 0) is 4.79 Å². The molecular formula is C18H18BrNO2S. The SMILES string of the molecule is Cc1cccc(NC(=O)CSCCC(=O)c2ccc(Br)cc2)c1. The van der Waals surface area contributed by atoms with E-state index in [1.54, 1.807) is 0 Å². The van der Waals surface area contributed by atoms with Gasteiger partial charge in [0.2, 0.25) is 5.91 Å². The van der Waals surface area contributed by atoms with Crippen LogP contribution in [0.2, 0.25) is 0 Å². The second-order valence-electron chi connectivity index (χ2n) is 5.15. The molecule has 0 saturated heterocycles. The quantitative estimate of drug-likeness (QED) is 0.549. The summed E-state index contributed by atoms with van der Waals surface area (Å²) in [7, 11) is 0. The lowest BCUT2D eigenvalue weighted by atomic mass is 10.1. The highest BCUT2D eigenvalue weighted by Gasteiger charge is 2.07. The first-order chi connectivity index (χ1) is 11.0. The van der Waals surface area contributed by atoms with Crippen LogP contribution in [0.25, 0.3) is 0 Å². The molecule has 0 unspecified atom stereocenters. The van der Waals surface area contributed by atoms with Gasteiger partial charge in [0, 0.05) is 27.9 Å². The summed E-state index contributed by atoms with van der Waals surface area (Å²) in [6, 6.07) is 15.0. The number of aryl methyl sites for hydroxylation is 1. The Balaban J connectivity index is 1.69. The van der Waals surface area contributed by atoms with E-state index in [4.69, 9.17) is 0 Å². The summed E-state index contributed by atoms with van der Waals surface area (Å²) in [5, 5.41) is 2.86. The molecular weight excluding hydrogens is 374 g/mol. The molecule has 0 bridgehead atoms. The van der Waals surface area contributed by atoms with E-state index in [2.05, 4.69) is 21.2 Å². The van der Waals surface area contributed by atoms with Gasteiger partial charge in [0.15, 0.2) is 5.78 Å². The largest absolute Gasteiger partial charge is 0.325 e. The molecule has 1 amide bonds. The molecule has 0 aromatic heterocycles. The molecule has 5 heteroatoms. The van der Waals surface area contributed by atoms with E-state index in [9.17, 15) is 9.59 Å². The lowest BCUT2D eigenvalue weighted by Gasteiger charge is -2.06. The fourth-order valence-electron chi connectivity index (χ4n) is 2.03. The Kier molecular flexibility index (Phi) is 6.86. The lowest BCUT2D eigenvalue weighted by molar-refractivity contribution is -0.113. The maximum Gasteiger partial charge on any atom is 0.234 e. The van der Waals surface area contributed by atoms with Gasteiger partial charge in [-0.05, 0) is 36.8 Å². The minimum absolute atomic E-state index is 0.0447. The predicted molar refractivity (Wildman–Crippen MR) is 100 cm³/mol. The normalized spacial score (nSPS) is 10.3. The smallest absolute Gasteiger partial charge is 0.234 e. The number of carbonyl (C=O) groups is 2. The maximum atomic E-state index is 12.0. The highest BCUT2D eigenvalue weighted by Crippen LogP contribution is 2.14. The van der Waals surface area contributed by atoms with Crippen LogP contribution in [0.4, 0.5) is 5.69 Å². The van der Waals surface area contributed by atoms with Crippen LogP contribution in [-0.4, -0.2) is 23.2 Å². The molecule has 0 aliphatic heterocycles. The summed E-state index contributed by atoms with van der Waals surface area (Å²) < 4.78 is 0.955. The van der Waals surface area contributed by atoms with E-state index < -0.39 is 0 Å². The number of Topliss-reactive ketones (excluding diaryl/α,β-unsaturated/α-hetero) is 1. The molecule has 120 valence electrons. The van der Waals surface area contributed by atoms with Gasteiger partial charge in [-0.15, -0.1) is 0 Å². The van der Waals surface area contributed by atoms with Crippen molar-refractivity contribution in [3.05, 3.63) is 64.1 Å². The molecule has 1 N–H and O–H groups in total. The number of thioether (sulfide) groups is 1. The second-order valence-corrected chi connectivity index (χ2v) is 7.17. The van der Waals surface area contributed by atoms with Gasteiger partial charge in [0.1, 0.15) is 0 Å². The van der Waals surface area contributed by atoms with Crippen LogP contribution in [0.15, 0.2) is 53.0 Å². The molecule has 0 fully saturated rings. The second kappa shape index (κ2) is 8.89. The molecule has 2 rings (SSSR count). The molecule has 0 saturated carbocycles. The van der Waals surface area contributed by atoms with Crippen molar-refractivity contribution >= 4 is 45.1 Å². The summed E-state index contributed by atoms with van der Waals surface area (Å²) in [5.74, 6) is 1.04. The maximum absolute atomic E-state index is 12.0. The van der Waals surface area contributed by atoms with E-state index in [0.29, 0.717) is 23.5 Å². The Hall–Kier alpha value is -1.59. The number of carbonyl (C=O) groups excluding carboxylic acids is 2. The topological polar surface area (TPSA) is 46.2 Å². The van der Waals surface area contributed by atoms with Gasteiger partial charge < -0.3 is 5.32 Å². The van der Waals surface area contributed by atoms with Gasteiger partial charge in [0.25, 0.3) is 0 Å². The highest BCUT2D eigenvalue weighted by molar-refractivity contribution is 9.10. The third-order valence-electron chi connectivity index (χ3n) is 3.17. The van der Waals surface area contributed by atoms with E-state index in [1.165, 1.54) is 11.8 Å². The number of hydrogen-bond donors (Lipinski definition) is 1. The summed E-state index contributed by atoms with van der Waals surface area (Å²) >= 11 is 4.81. The average molecular weight is 392 g/mol. The monoisotopic (exact) mass is 391 g/mol. The van der Waals surface area contributed by atoms with Gasteiger partial charge in [-0.2, -0.15) is 11.8 Å². The van der Waals surface area contributed by atoms with Crippen LogP contribution in [0.3, 0.4) is 0 Å². The van der Waals surface area contributed by atoms with E-state index >= 15 is 0 Å². The number of rotatable bonds is 7. The fourth-order valence-corrected chi connectivity index (χ4v) is 3.03. The molecule has 3 nitrogen and oxygen atoms in total. The summed E-state index contributed by atoms with van der Waals surface area (Å²) in [5.41, 5.74) is 2.62. The van der Waals surface area contributed by atoms with Crippen molar-refractivity contribution in [2.75, 3.05) is 16.8 Å². The van der Waals surface area contributed by atoms with Gasteiger partial charge >= 0.3 is 0 Å². The van der Waals surface area contributed by atoms with Crippen molar-refractivity contribution in [1.29, 1.82) is 0 Å². The standard InChI is InChI=1S/C18H18BrNO2S/c1-13-3-2-4-16(11-13)20-18(22)12-23-10-9-17(21)14-5-7-15(19)8-6-14/h2-8,11H,9-10,12H2,1H3,(H,20,22). The Morgan fingerprint density at radius 2 is 1.87 bits per heavy atom. The number of nitrogens with one attached hydrogen (secondary N) is 1. The van der Waals surface area contributed by atoms with Gasteiger partial charge in [-0.25, -0.2) is 0 Å². The van der Waals surface area contributed by atoms with Crippen LogP contribution < -0.4 is 5.32 Å². The first kappa shape index (κ1) is 17.8. The Morgan fingerprint density at radius 1 is 1.13 bits per heavy atom. The molecule has 2 aromatic carbocycles. The van der Waals surface area contributed by atoms with Crippen molar-refractivity contribution < 1.29 is 9.59 Å². The summed E-state index contributed by atoms with van der Waals surface area (Å²) in [6.07, 6.45) is 0.435. The van der Waals surface area contributed by atoms with E-state index in [-0.39, 0.29) is 11.7 Å². The first-order valence-electron chi connectivity index (χ1n) is 7.27. The van der Waals surface area contributed by atoms with Gasteiger partial charge in [-0.1, -0.05) is 40.2 Å². The number of hydrogen-bond acceptors (Lipinski definition) is 3. The zero-order valence-corrected chi connectivity index (χ0v) is 15.2. The summed E-state index contributed by atoms with van der Waals surface area (Å²) in [6.45, 7) is 1.98. The minimum Gasteiger partial charge on any atom is -0.325 e. The van der Waals surface area contributed by atoms with Gasteiger partial charge in [0.05, 0.1) is 5.75 Å². The van der Waals surface area contributed by atoms with Crippen molar-refractivity contribution in [3.63, 3.8) is 0 Å². The predicted octanol–water partition coefficient (Wildman–Crippen LogP) is 4.70.